The molecule has 1 aliphatic rings. The maximum absolute atomic E-state index is 13.0. The van der Waals surface area contributed by atoms with Crippen LogP contribution in [0.4, 0.5) is 0 Å². The Labute approximate surface area is 347 Å². The van der Waals surface area contributed by atoms with E-state index < -0.39 is 61.5 Å². The number of aliphatic hydroxyl groups excluding tert-OH is 6. The van der Waals surface area contributed by atoms with Crippen LogP contribution in [-0.4, -0.2) is 98.7 Å². The average molecular weight is 810 g/mol. The van der Waals surface area contributed by atoms with E-state index in [1.165, 1.54) is 122 Å². The molecular formula is C47H87NO9. The van der Waals surface area contributed by atoms with Gasteiger partial charge in [-0.25, -0.2) is 0 Å². The Kier molecular flexibility index (Phi) is 35.0. The standard InChI is InChI=1S/C47H87NO9/c1-3-5-7-9-11-13-15-17-19-21-23-25-27-29-31-33-35-40(50)39(38-56-47-45(54)44(53)43(52)42(37-49)57-47)48-46(55)41(51)36-34-32-30-28-26-24-22-20-18-16-14-12-10-8-6-4-2/h18,20,25,27,33,35,39-45,47,49-54H,3-17,19,21-24,26,28-32,34,36-38H2,1-2H3,(H,48,55)/b20-18-,27-25+,35-33+. The number of ether oxygens (including phenoxy) is 2. The minimum absolute atomic E-state index is 0.296. The van der Waals surface area contributed by atoms with Crippen molar-refractivity contribution in [3.63, 3.8) is 0 Å². The Bertz CT molecular complexity index is 1010. The summed E-state index contributed by atoms with van der Waals surface area (Å²) in [4.78, 5) is 13.0. The van der Waals surface area contributed by atoms with Gasteiger partial charge in [-0.05, 0) is 57.8 Å². The van der Waals surface area contributed by atoms with Crippen LogP contribution < -0.4 is 5.32 Å². The van der Waals surface area contributed by atoms with Gasteiger partial charge < -0.3 is 45.4 Å². The van der Waals surface area contributed by atoms with Gasteiger partial charge >= 0.3 is 0 Å². The first-order valence-corrected chi connectivity index (χ1v) is 23.3. The molecule has 1 rings (SSSR count). The zero-order valence-corrected chi connectivity index (χ0v) is 36.2. The van der Waals surface area contributed by atoms with Crippen LogP contribution >= 0.6 is 0 Å². The third-order valence-corrected chi connectivity index (χ3v) is 11.0. The zero-order valence-electron chi connectivity index (χ0n) is 36.2. The van der Waals surface area contributed by atoms with Gasteiger partial charge in [0.05, 0.1) is 25.4 Å². The third-order valence-electron chi connectivity index (χ3n) is 11.0. The first-order chi connectivity index (χ1) is 27.8. The molecule has 0 spiro atoms. The van der Waals surface area contributed by atoms with Crippen molar-refractivity contribution < 1.29 is 44.9 Å². The fraction of sp³-hybridized carbons (Fsp3) is 0.851. The maximum Gasteiger partial charge on any atom is 0.249 e. The van der Waals surface area contributed by atoms with E-state index >= 15 is 0 Å². The van der Waals surface area contributed by atoms with Gasteiger partial charge in [0, 0.05) is 0 Å². The lowest BCUT2D eigenvalue weighted by Crippen LogP contribution is -2.60. The number of amides is 1. The number of nitrogens with one attached hydrogen (secondary N) is 1. The second kappa shape index (κ2) is 37.4. The van der Waals surface area contributed by atoms with Gasteiger partial charge in [0.2, 0.25) is 5.91 Å². The molecule has 10 nitrogen and oxygen atoms in total. The van der Waals surface area contributed by atoms with Crippen LogP contribution in [0.15, 0.2) is 36.5 Å². The van der Waals surface area contributed by atoms with Crippen LogP contribution in [-0.2, 0) is 14.3 Å². The molecule has 57 heavy (non-hydrogen) atoms. The Morgan fingerprint density at radius 3 is 1.53 bits per heavy atom. The molecule has 1 saturated heterocycles. The van der Waals surface area contributed by atoms with E-state index in [1.807, 2.05) is 6.08 Å². The molecule has 1 fully saturated rings. The molecule has 0 aromatic carbocycles. The molecule has 10 heteroatoms. The molecule has 0 aromatic heterocycles. The zero-order chi connectivity index (χ0) is 41.8. The van der Waals surface area contributed by atoms with Crippen LogP contribution in [0.1, 0.15) is 194 Å². The second-order valence-electron chi connectivity index (χ2n) is 16.3. The Morgan fingerprint density at radius 2 is 1.04 bits per heavy atom. The van der Waals surface area contributed by atoms with Gasteiger partial charge in [-0.3, -0.25) is 4.79 Å². The number of allylic oxidation sites excluding steroid dienone is 5. The van der Waals surface area contributed by atoms with E-state index in [2.05, 4.69) is 43.5 Å². The predicted molar refractivity (Wildman–Crippen MR) is 232 cm³/mol. The SMILES string of the molecule is CCCCCCCC/C=C\CCCCCCCCC(O)C(=O)NC(COC1OC(CO)C(O)C(O)C1O)C(O)/C=C/CC/C=C/CCCCCCCCCCCC. The molecule has 0 bridgehead atoms. The topological polar surface area (TPSA) is 169 Å². The van der Waals surface area contributed by atoms with Crippen molar-refractivity contribution in [2.24, 2.45) is 0 Å². The number of carbonyl (C=O) groups excluding carboxylic acids is 1. The molecule has 8 atom stereocenters. The van der Waals surface area contributed by atoms with Crippen LogP contribution in [0.3, 0.4) is 0 Å². The van der Waals surface area contributed by atoms with Crippen LogP contribution in [0.2, 0.25) is 0 Å². The number of carbonyl (C=O) groups is 1. The van der Waals surface area contributed by atoms with Crippen LogP contribution in [0.5, 0.6) is 0 Å². The molecule has 0 radical (unpaired) electrons. The summed E-state index contributed by atoms with van der Waals surface area (Å²) < 4.78 is 11.1. The summed E-state index contributed by atoms with van der Waals surface area (Å²) in [6, 6.07) is -0.998. The highest BCUT2D eigenvalue weighted by Gasteiger charge is 2.44. The monoisotopic (exact) mass is 810 g/mol. The Balaban J connectivity index is 2.45. The largest absolute Gasteiger partial charge is 0.394 e. The first-order valence-electron chi connectivity index (χ1n) is 23.3. The number of aliphatic hydroxyl groups is 6. The number of unbranched alkanes of at least 4 members (excludes halogenated alkanes) is 23. The molecule has 1 amide bonds. The smallest absolute Gasteiger partial charge is 0.249 e. The van der Waals surface area contributed by atoms with Crippen molar-refractivity contribution in [3.8, 4) is 0 Å². The summed E-state index contributed by atoms with van der Waals surface area (Å²) in [6.07, 6.45) is 35.1. The minimum Gasteiger partial charge on any atom is -0.394 e. The molecule has 0 aromatic rings. The summed E-state index contributed by atoms with van der Waals surface area (Å²) >= 11 is 0. The maximum atomic E-state index is 13.0. The van der Waals surface area contributed by atoms with E-state index in [0.29, 0.717) is 19.3 Å². The van der Waals surface area contributed by atoms with E-state index in [4.69, 9.17) is 9.47 Å². The predicted octanol–water partition coefficient (Wildman–Crippen LogP) is 8.64. The van der Waals surface area contributed by atoms with E-state index in [1.54, 1.807) is 6.08 Å². The number of rotatable bonds is 38. The van der Waals surface area contributed by atoms with Gasteiger partial charge in [-0.2, -0.15) is 0 Å². The van der Waals surface area contributed by atoms with E-state index in [0.717, 1.165) is 38.5 Å². The van der Waals surface area contributed by atoms with Gasteiger partial charge in [0.25, 0.3) is 0 Å². The molecule has 0 saturated carbocycles. The average Bonchev–Trinajstić information content (AvgIpc) is 3.21. The summed E-state index contributed by atoms with van der Waals surface area (Å²) in [5, 5.41) is 64.6. The summed E-state index contributed by atoms with van der Waals surface area (Å²) in [5.41, 5.74) is 0. The minimum atomic E-state index is -1.62. The van der Waals surface area contributed by atoms with Gasteiger partial charge in [-0.15, -0.1) is 0 Å². The molecule has 0 aliphatic carbocycles. The fourth-order valence-electron chi connectivity index (χ4n) is 7.17. The Hall–Kier alpha value is -1.63. The second-order valence-corrected chi connectivity index (χ2v) is 16.3. The van der Waals surface area contributed by atoms with E-state index in [9.17, 15) is 35.4 Å². The van der Waals surface area contributed by atoms with Gasteiger partial charge in [-0.1, -0.05) is 172 Å². The molecule has 7 N–H and O–H groups in total. The summed E-state index contributed by atoms with van der Waals surface area (Å²) in [7, 11) is 0. The molecule has 1 heterocycles. The molecule has 1 aliphatic heterocycles. The van der Waals surface area contributed by atoms with Gasteiger partial charge in [0.15, 0.2) is 6.29 Å². The summed E-state index contributed by atoms with van der Waals surface area (Å²) in [5.74, 6) is -0.632. The lowest BCUT2D eigenvalue weighted by Gasteiger charge is -2.40. The molecule has 8 unspecified atom stereocenters. The van der Waals surface area contributed by atoms with Crippen molar-refractivity contribution in [3.05, 3.63) is 36.5 Å². The van der Waals surface area contributed by atoms with Crippen molar-refractivity contribution in [2.75, 3.05) is 13.2 Å². The lowest BCUT2D eigenvalue weighted by molar-refractivity contribution is -0.302. The third kappa shape index (κ3) is 27.7. The van der Waals surface area contributed by atoms with Crippen molar-refractivity contribution >= 4 is 5.91 Å². The number of hydrogen-bond acceptors (Lipinski definition) is 9. The fourth-order valence-corrected chi connectivity index (χ4v) is 7.17. The van der Waals surface area contributed by atoms with Crippen LogP contribution in [0, 0.1) is 0 Å². The highest BCUT2D eigenvalue weighted by Crippen LogP contribution is 2.22. The lowest BCUT2D eigenvalue weighted by atomic mass is 9.99. The molecule has 334 valence electrons. The van der Waals surface area contributed by atoms with Crippen LogP contribution in [0.25, 0.3) is 0 Å². The Morgan fingerprint density at radius 1 is 0.596 bits per heavy atom. The summed E-state index contributed by atoms with van der Waals surface area (Å²) in [6.45, 7) is 3.57. The quantitative estimate of drug-likeness (QED) is 0.0239. The van der Waals surface area contributed by atoms with Crippen molar-refractivity contribution in [1.29, 1.82) is 0 Å². The normalized spacial score (nSPS) is 21.9. The van der Waals surface area contributed by atoms with E-state index in [-0.39, 0.29) is 6.61 Å². The first kappa shape index (κ1) is 53.4. The van der Waals surface area contributed by atoms with Crippen molar-refractivity contribution in [1.82, 2.24) is 5.32 Å². The highest BCUT2D eigenvalue weighted by atomic mass is 16.7. The molecular weight excluding hydrogens is 723 g/mol. The highest BCUT2D eigenvalue weighted by molar-refractivity contribution is 5.80. The van der Waals surface area contributed by atoms with Gasteiger partial charge in [0.1, 0.15) is 30.5 Å². The number of hydrogen-bond donors (Lipinski definition) is 7. The van der Waals surface area contributed by atoms with Crippen molar-refractivity contribution in [2.45, 2.75) is 243 Å².